The van der Waals surface area contributed by atoms with Crippen LogP contribution < -0.4 is 15.0 Å². The Hall–Kier alpha value is -1.91. The lowest BCUT2D eigenvalue weighted by Crippen LogP contribution is -2.49. The molecule has 2 fully saturated rings. The standard InChI is InChI=1S/C19H29N3O2/c1-19(2)10-13-22(14-19)18(23)20-15-8-11-21(12-9-15)16-6-4-5-7-17(16)24-3/h4-7,15H,8-14H2,1-3H3,(H,20,23). The molecular formula is C19H29N3O2. The molecule has 2 aliphatic rings. The van der Waals surface area contributed by atoms with Gasteiger partial charge < -0.3 is 19.9 Å². The highest BCUT2D eigenvalue weighted by Crippen LogP contribution is 2.31. The van der Waals surface area contributed by atoms with E-state index in [9.17, 15) is 4.79 Å². The van der Waals surface area contributed by atoms with E-state index < -0.39 is 0 Å². The summed E-state index contributed by atoms with van der Waals surface area (Å²) in [6.45, 7) is 8.07. The molecule has 132 valence electrons. The van der Waals surface area contributed by atoms with Gasteiger partial charge in [0.05, 0.1) is 12.8 Å². The van der Waals surface area contributed by atoms with Crippen molar-refractivity contribution < 1.29 is 9.53 Å². The number of urea groups is 1. The van der Waals surface area contributed by atoms with E-state index in [1.807, 2.05) is 23.1 Å². The number of amides is 2. The number of hydrogen-bond donors (Lipinski definition) is 1. The first-order chi connectivity index (χ1) is 11.5. The Balaban J connectivity index is 1.51. The van der Waals surface area contributed by atoms with Crippen molar-refractivity contribution in [3.63, 3.8) is 0 Å². The molecule has 5 nitrogen and oxygen atoms in total. The van der Waals surface area contributed by atoms with E-state index in [4.69, 9.17) is 4.74 Å². The maximum atomic E-state index is 12.4. The summed E-state index contributed by atoms with van der Waals surface area (Å²) in [6, 6.07) is 8.51. The molecule has 0 bridgehead atoms. The monoisotopic (exact) mass is 331 g/mol. The van der Waals surface area contributed by atoms with Gasteiger partial charge in [-0.1, -0.05) is 26.0 Å². The molecule has 0 saturated carbocycles. The van der Waals surface area contributed by atoms with Crippen LogP contribution in [0.15, 0.2) is 24.3 Å². The zero-order valence-electron chi connectivity index (χ0n) is 15.0. The molecule has 1 aromatic rings. The average Bonchev–Trinajstić information content (AvgIpc) is 2.96. The molecule has 1 aromatic carbocycles. The predicted octanol–water partition coefficient (Wildman–Crippen LogP) is 3.11. The number of methoxy groups -OCH3 is 1. The van der Waals surface area contributed by atoms with Crippen LogP contribution in [-0.2, 0) is 0 Å². The SMILES string of the molecule is COc1ccccc1N1CCC(NC(=O)N2CCC(C)(C)C2)CC1. The summed E-state index contributed by atoms with van der Waals surface area (Å²) >= 11 is 0. The van der Waals surface area contributed by atoms with E-state index in [1.165, 1.54) is 0 Å². The predicted molar refractivity (Wildman–Crippen MR) is 96.7 cm³/mol. The number of hydrogen-bond acceptors (Lipinski definition) is 3. The molecule has 2 amide bonds. The molecule has 0 spiro atoms. The van der Waals surface area contributed by atoms with Gasteiger partial charge in [0.1, 0.15) is 5.75 Å². The maximum absolute atomic E-state index is 12.4. The molecule has 0 atom stereocenters. The minimum absolute atomic E-state index is 0.108. The number of rotatable bonds is 3. The second-order valence-electron chi connectivity index (χ2n) is 7.72. The fourth-order valence-corrected chi connectivity index (χ4v) is 3.71. The van der Waals surface area contributed by atoms with Gasteiger partial charge in [-0.05, 0) is 36.8 Å². The highest BCUT2D eigenvalue weighted by atomic mass is 16.5. The smallest absolute Gasteiger partial charge is 0.317 e. The van der Waals surface area contributed by atoms with Gasteiger partial charge in [-0.15, -0.1) is 0 Å². The Morgan fingerprint density at radius 3 is 2.54 bits per heavy atom. The van der Waals surface area contributed by atoms with Crippen LogP contribution in [0.25, 0.3) is 0 Å². The topological polar surface area (TPSA) is 44.8 Å². The number of para-hydroxylation sites is 2. The third-order valence-corrected chi connectivity index (χ3v) is 5.21. The van der Waals surface area contributed by atoms with Crippen LogP contribution in [0.1, 0.15) is 33.1 Å². The maximum Gasteiger partial charge on any atom is 0.317 e. The van der Waals surface area contributed by atoms with Gasteiger partial charge in [0.2, 0.25) is 0 Å². The van der Waals surface area contributed by atoms with E-state index in [2.05, 4.69) is 30.1 Å². The zero-order valence-corrected chi connectivity index (χ0v) is 15.0. The molecule has 0 unspecified atom stereocenters. The molecule has 2 heterocycles. The number of likely N-dealkylation sites (tertiary alicyclic amines) is 1. The fourth-order valence-electron chi connectivity index (χ4n) is 3.71. The van der Waals surface area contributed by atoms with Crippen LogP contribution in [0.3, 0.4) is 0 Å². The van der Waals surface area contributed by atoms with E-state index >= 15 is 0 Å². The quantitative estimate of drug-likeness (QED) is 0.926. The lowest BCUT2D eigenvalue weighted by atomic mass is 9.93. The molecule has 1 N–H and O–H groups in total. The second-order valence-corrected chi connectivity index (χ2v) is 7.72. The van der Waals surface area contributed by atoms with Crippen LogP contribution in [0.5, 0.6) is 5.75 Å². The van der Waals surface area contributed by atoms with Gasteiger partial charge in [-0.2, -0.15) is 0 Å². The van der Waals surface area contributed by atoms with Crippen molar-refractivity contribution in [2.45, 2.75) is 39.2 Å². The third-order valence-electron chi connectivity index (χ3n) is 5.21. The third kappa shape index (κ3) is 3.77. The summed E-state index contributed by atoms with van der Waals surface area (Å²) in [4.78, 5) is 16.7. The summed E-state index contributed by atoms with van der Waals surface area (Å²) in [6.07, 6.45) is 3.04. The first-order valence-corrected chi connectivity index (χ1v) is 8.92. The van der Waals surface area contributed by atoms with E-state index in [-0.39, 0.29) is 17.5 Å². The van der Waals surface area contributed by atoms with E-state index in [1.54, 1.807) is 7.11 Å². The highest BCUT2D eigenvalue weighted by Gasteiger charge is 2.33. The van der Waals surface area contributed by atoms with Gasteiger partial charge in [0.25, 0.3) is 0 Å². The molecule has 0 aromatic heterocycles. The van der Waals surface area contributed by atoms with Gasteiger partial charge >= 0.3 is 6.03 Å². The molecule has 2 aliphatic heterocycles. The molecule has 0 aliphatic carbocycles. The highest BCUT2D eigenvalue weighted by molar-refractivity contribution is 5.75. The minimum Gasteiger partial charge on any atom is -0.495 e. The van der Waals surface area contributed by atoms with Crippen molar-refractivity contribution in [1.82, 2.24) is 10.2 Å². The van der Waals surface area contributed by atoms with Gasteiger partial charge in [0, 0.05) is 32.2 Å². The van der Waals surface area contributed by atoms with Crippen LogP contribution in [0.4, 0.5) is 10.5 Å². The van der Waals surface area contributed by atoms with Crippen LogP contribution in [0, 0.1) is 5.41 Å². The summed E-state index contributed by atoms with van der Waals surface area (Å²) in [5.74, 6) is 0.916. The molecular weight excluding hydrogens is 302 g/mol. The number of piperidine rings is 1. The number of carbonyl (C=O) groups is 1. The largest absolute Gasteiger partial charge is 0.495 e. The lowest BCUT2D eigenvalue weighted by Gasteiger charge is -2.35. The lowest BCUT2D eigenvalue weighted by molar-refractivity contribution is 0.197. The molecule has 0 radical (unpaired) electrons. The summed E-state index contributed by atoms with van der Waals surface area (Å²) in [7, 11) is 1.71. The Morgan fingerprint density at radius 2 is 1.92 bits per heavy atom. The van der Waals surface area contributed by atoms with Gasteiger partial charge in [-0.3, -0.25) is 0 Å². The van der Waals surface area contributed by atoms with Crippen molar-refractivity contribution in [3.8, 4) is 5.75 Å². The average molecular weight is 331 g/mol. The van der Waals surface area contributed by atoms with Crippen molar-refractivity contribution >= 4 is 11.7 Å². The van der Waals surface area contributed by atoms with Crippen LogP contribution in [-0.4, -0.2) is 50.3 Å². The second kappa shape index (κ2) is 6.91. The Morgan fingerprint density at radius 1 is 1.21 bits per heavy atom. The van der Waals surface area contributed by atoms with E-state index in [0.29, 0.717) is 0 Å². The zero-order chi connectivity index (χ0) is 17.2. The van der Waals surface area contributed by atoms with Crippen LogP contribution >= 0.6 is 0 Å². The van der Waals surface area contributed by atoms with Crippen molar-refractivity contribution in [2.75, 3.05) is 38.2 Å². The van der Waals surface area contributed by atoms with Crippen molar-refractivity contribution in [2.24, 2.45) is 5.41 Å². The summed E-state index contributed by atoms with van der Waals surface area (Å²) in [5.41, 5.74) is 1.40. The molecule has 2 saturated heterocycles. The molecule has 3 rings (SSSR count). The number of benzene rings is 1. The number of ether oxygens (including phenoxy) is 1. The Bertz CT molecular complexity index is 580. The summed E-state index contributed by atoms with van der Waals surface area (Å²) in [5, 5.41) is 3.23. The number of nitrogens with one attached hydrogen (secondary N) is 1. The molecule has 24 heavy (non-hydrogen) atoms. The first-order valence-electron chi connectivity index (χ1n) is 8.92. The van der Waals surface area contributed by atoms with Crippen LogP contribution in [0.2, 0.25) is 0 Å². The Labute approximate surface area is 145 Å². The normalized spacial score (nSPS) is 21.0. The summed E-state index contributed by atoms with van der Waals surface area (Å²) < 4.78 is 5.46. The number of carbonyl (C=O) groups excluding carboxylic acids is 1. The number of nitrogens with zero attached hydrogens (tertiary/aromatic N) is 2. The molecule has 5 heteroatoms. The van der Waals surface area contributed by atoms with Gasteiger partial charge in [0.15, 0.2) is 0 Å². The first kappa shape index (κ1) is 16.9. The van der Waals surface area contributed by atoms with E-state index in [0.717, 1.165) is 56.9 Å². The van der Waals surface area contributed by atoms with Crippen molar-refractivity contribution in [3.05, 3.63) is 24.3 Å². The van der Waals surface area contributed by atoms with Gasteiger partial charge in [-0.25, -0.2) is 4.79 Å². The fraction of sp³-hybridized carbons (Fsp3) is 0.632. The Kier molecular flexibility index (Phi) is 4.88. The number of anilines is 1. The van der Waals surface area contributed by atoms with Crippen molar-refractivity contribution in [1.29, 1.82) is 0 Å². The minimum atomic E-state index is 0.108.